The lowest BCUT2D eigenvalue weighted by atomic mass is 10.2. The number of aliphatic hydroxyl groups is 2. The molecule has 1 aliphatic rings. The largest absolute Gasteiger partial charge is 0.394 e. The summed E-state index contributed by atoms with van der Waals surface area (Å²) in [6, 6.07) is 1.64. The van der Waals surface area contributed by atoms with Crippen molar-refractivity contribution in [1.82, 2.24) is 9.55 Å². The van der Waals surface area contributed by atoms with Crippen molar-refractivity contribution in [2.24, 2.45) is 0 Å². The molecule has 1 aromatic rings. The summed E-state index contributed by atoms with van der Waals surface area (Å²) in [7, 11) is 1.67. The van der Waals surface area contributed by atoms with Crippen molar-refractivity contribution in [3.05, 3.63) is 22.7 Å². The molecule has 1 saturated heterocycles. The van der Waals surface area contributed by atoms with Gasteiger partial charge in [-0.3, -0.25) is 4.57 Å². The molecule has 3 atom stereocenters. The topological polar surface area (TPSA) is 96.6 Å². The van der Waals surface area contributed by atoms with Crippen LogP contribution < -0.4 is 11.0 Å². The van der Waals surface area contributed by atoms with E-state index in [2.05, 4.69) is 10.3 Å². The standard InChI is InChI=1S/C10H15N3O4/c1-11-8-2-3-13(10(16)12-8)9-4-6(15)7(5-14)17-9/h2-3,6-7,9,14-15H,4-5H2,1H3,(H,11,12,16). The van der Waals surface area contributed by atoms with Gasteiger partial charge >= 0.3 is 5.69 Å². The molecule has 0 aliphatic carbocycles. The van der Waals surface area contributed by atoms with Crippen LogP contribution in [0.3, 0.4) is 0 Å². The summed E-state index contributed by atoms with van der Waals surface area (Å²) < 4.78 is 6.67. The minimum atomic E-state index is -0.763. The van der Waals surface area contributed by atoms with Gasteiger partial charge in [0.05, 0.1) is 12.7 Å². The van der Waals surface area contributed by atoms with Gasteiger partial charge in [0, 0.05) is 19.7 Å². The Morgan fingerprint density at radius 2 is 2.47 bits per heavy atom. The number of hydrogen-bond donors (Lipinski definition) is 3. The van der Waals surface area contributed by atoms with E-state index in [4.69, 9.17) is 9.84 Å². The molecule has 2 heterocycles. The average molecular weight is 241 g/mol. The first-order valence-corrected chi connectivity index (χ1v) is 5.37. The highest BCUT2D eigenvalue weighted by molar-refractivity contribution is 5.30. The van der Waals surface area contributed by atoms with Gasteiger partial charge < -0.3 is 20.3 Å². The maximum atomic E-state index is 11.7. The van der Waals surface area contributed by atoms with E-state index in [0.717, 1.165) is 0 Å². The van der Waals surface area contributed by atoms with Crippen LogP contribution in [-0.2, 0) is 4.74 Å². The lowest BCUT2D eigenvalue weighted by Crippen LogP contribution is -2.27. The zero-order chi connectivity index (χ0) is 12.4. The van der Waals surface area contributed by atoms with Crippen molar-refractivity contribution in [2.45, 2.75) is 24.9 Å². The predicted molar refractivity (Wildman–Crippen MR) is 59.7 cm³/mol. The monoisotopic (exact) mass is 241 g/mol. The van der Waals surface area contributed by atoms with Crippen LogP contribution in [0.2, 0.25) is 0 Å². The first-order chi connectivity index (χ1) is 8.15. The molecule has 1 aliphatic heterocycles. The summed E-state index contributed by atoms with van der Waals surface area (Å²) in [5, 5.41) is 21.3. The third-order valence-corrected chi connectivity index (χ3v) is 2.78. The van der Waals surface area contributed by atoms with Crippen molar-refractivity contribution < 1.29 is 14.9 Å². The number of nitrogens with zero attached hydrogens (tertiary/aromatic N) is 2. The fourth-order valence-corrected chi connectivity index (χ4v) is 1.82. The van der Waals surface area contributed by atoms with Crippen molar-refractivity contribution in [1.29, 1.82) is 0 Å². The number of ether oxygens (including phenoxy) is 1. The number of anilines is 1. The molecule has 2 rings (SSSR count). The highest BCUT2D eigenvalue weighted by Gasteiger charge is 2.34. The van der Waals surface area contributed by atoms with Gasteiger partial charge in [-0.1, -0.05) is 0 Å². The van der Waals surface area contributed by atoms with Crippen LogP contribution in [0.1, 0.15) is 12.6 Å². The Kier molecular flexibility index (Phi) is 3.41. The molecule has 3 unspecified atom stereocenters. The van der Waals surface area contributed by atoms with Crippen molar-refractivity contribution >= 4 is 5.82 Å². The van der Waals surface area contributed by atoms with Gasteiger partial charge in [0.1, 0.15) is 18.1 Å². The van der Waals surface area contributed by atoms with E-state index in [1.807, 2.05) is 0 Å². The fraction of sp³-hybridized carbons (Fsp3) is 0.600. The van der Waals surface area contributed by atoms with Crippen LogP contribution in [0.4, 0.5) is 5.82 Å². The van der Waals surface area contributed by atoms with Crippen LogP contribution in [0.15, 0.2) is 17.1 Å². The van der Waals surface area contributed by atoms with Crippen LogP contribution in [-0.4, -0.2) is 45.6 Å². The highest BCUT2D eigenvalue weighted by atomic mass is 16.5. The van der Waals surface area contributed by atoms with E-state index in [0.29, 0.717) is 5.82 Å². The predicted octanol–water partition coefficient (Wildman–Crippen LogP) is -1.07. The third kappa shape index (κ3) is 2.31. The summed E-state index contributed by atoms with van der Waals surface area (Å²) >= 11 is 0. The first-order valence-electron chi connectivity index (χ1n) is 5.37. The molecule has 7 nitrogen and oxygen atoms in total. The van der Waals surface area contributed by atoms with E-state index in [-0.39, 0.29) is 13.0 Å². The number of nitrogens with one attached hydrogen (secondary N) is 1. The van der Waals surface area contributed by atoms with Gasteiger partial charge in [-0.2, -0.15) is 4.98 Å². The van der Waals surface area contributed by atoms with Gasteiger partial charge in [-0.15, -0.1) is 0 Å². The van der Waals surface area contributed by atoms with Crippen LogP contribution >= 0.6 is 0 Å². The lowest BCUT2D eigenvalue weighted by molar-refractivity contribution is -0.0458. The molecule has 0 saturated carbocycles. The van der Waals surface area contributed by atoms with Crippen molar-refractivity contribution in [3.8, 4) is 0 Å². The van der Waals surface area contributed by atoms with E-state index in [9.17, 15) is 9.90 Å². The molecular weight excluding hydrogens is 226 g/mol. The number of aromatic nitrogens is 2. The average Bonchev–Trinajstić information content (AvgIpc) is 2.70. The molecule has 0 aromatic carbocycles. The van der Waals surface area contributed by atoms with E-state index in [1.165, 1.54) is 4.57 Å². The van der Waals surface area contributed by atoms with E-state index in [1.54, 1.807) is 19.3 Å². The minimum absolute atomic E-state index is 0.269. The number of rotatable bonds is 3. The molecule has 0 amide bonds. The minimum Gasteiger partial charge on any atom is -0.394 e. The van der Waals surface area contributed by atoms with Gasteiger partial charge in [0.15, 0.2) is 0 Å². The second-order valence-corrected chi connectivity index (χ2v) is 3.87. The molecule has 3 N–H and O–H groups in total. The van der Waals surface area contributed by atoms with Gasteiger partial charge in [-0.25, -0.2) is 4.79 Å². The Bertz CT molecular complexity index is 447. The summed E-state index contributed by atoms with van der Waals surface area (Å²) in [5.74, 6) is 0.475. The van der Waals surface area contributed by atoms with Gasteiger partial charge in [0.2, 0.25) is 0 Å². The molecule has 17 heavy (non-hydrogen) atoms. The smallest absolute Gasteiger partial charge is 0.351 e. The molecule has 0 radical (unpaired) electrons. The first kappa shape index (κ1) is 12.0. The summed E-state index contributed by atoms with van der Waals surface area (Å²) in [6.45, 7) is -0.269. The summed E-state index contributed by atoms with van der Waals surface area (Å²) in [4.78, 5) is 15.5. The third-order valence-electron chi connectivity index (χ3n) is 2.78. The molecule has 1 aromatic heterocycles. The fourth-order valence-electron chi connectivity index (χ4n) is 1.82. The zero-order valence-corrected chi connectivity index (χ0v) is 9.41. The molecule has 1 fully saturated rings. The molecule has 7 heteroatoms. The second-order valence-electron chi connectivity index (χ2n) is 3.87. The Balaban J connectivity index is 2.22. The Morgan fingerprint density at radius 3 is 3.00 bits per heavy atom. The molecule has 94 valence electrons. The van der Waals surface area contributed by atoms with Crippen LogP contribution in [0.25, 0.3) is 0 Å². The van der Waals surface area contributed by atoms with E-state index < -0.39 is 24.1 Å². The SMILES string of the molecule is CNc1ccn(C2CC(O)C(CO)O2)c(=O)n1. The van der Waals surface area contributed by atoms with Gasteiger partial charge in [-0.05, 0) is 6.07 Å². The quantitative estimate of drug-likeness (QED) is 0.623. The number of hydrogen-bond acceptors (Lipinski definition) is 6. The Labute approximate surface area is 97.7 Å². The maximum Gasteiger partial charge on any atom is 0.351 e. The molecular formula is C10H15N3O4. The van der Waals surface area contributed by atoms with Crippen molar-refractivity contribution in [3.63, 3.8) is 0 Å². The highest BCUT2D eigenvalue weighted by Crippen LogP contribution is 2.27. The number of aliphatic hydroxyl groups excluding tert-OH is 2. The van der Waals surface area contributed by atoms with Crippen LogP contribution in [0.5, 0.6) is 0 Å². The Morgan fingerprint density at radius 1 is 1.71 bits per heavy atom. The lowest BCUT2D eigenvalue weighted by Gasteiger charge is -2.14. The van der Waals surface area contributed by atoms with Gasteiger partial charge in [0.25, 0.3) is 0 Å². The van der Waals surface area contributed by atoms with Crippen LogP contribution in [0, 0.1) is 0 Å². The maximum absolute atomic E-state index is 11.7. The molecule has 0 spiro atoms. The van der Waals surface area contributed by atoms with E-state index >= 15 is 0 Å². The van der Waals surface area contributed by atoms with Crippen molar-refractivity contribution in [2.75, 3.05) is 19.0 Å². The molecule has 0 bridgehead atoms. The second kappa shape index (κ2) is 4.82. The zero-order valence-electron chi connectivity index (χ0n) is 9.41. The summed E-state index contributed by atoms with van der Waals surface area (Å²) in [6.07, 6.45) is -0.158. The summed E-state index contributed by atoms with van der Waals surface area (Å²) in [5.41, 5.74) is -0.451. The normalized spacial score (nSPS) is 28.3. The Hall–Kier alpha value is -1.44.